The van der Waals surface area contributed by atoms with E-state index in [1.807, 2.05) is 0 Å². The topological polar surface area (TPSA) is 102 Å². The summed E-state index contributed by atoms with van der Waals surface area (Å²) in [7, 11) is 0. The Hall–Kier alpha value is -2.20. The van der Waals surface area contributed by atoms with Crippen LogP contribution in [-0.2, 0) is 0 Å². The SMILES string of the molecule is O=[N+]([O-])c1cc([N+](=O)[O-])c2sc(N3CCCCC3)nc(=S)c2c1. The molecule has 120 valence electrons. The molecule has 1 aromatic carbocycles. The van der Waals surface area contributed by atoms with Gasteiger partial charge in [-0.3, -0.25) is 20.2 Å². The van der Waals surface area contributed by atoms with Gasteiger partial charge in [-0.25, -0.2) is 4.98 Å². The van der Waals surface area contributed by atoms with Gasteiger partial charge < -0.3 is 4.90 Å². The van der Waals surface area contributed by atoms with E-state index in [-0.39, 0.29) is 21.4 Å². The number of anilines is 1. The molecule has 23 heavy (non-hydrogen) atoms. The van der Waals surface area contributed by atoms with Crippen molar-refractivity contribution in [1.29, 1.82) is 0 Å². The maximum Gasteiger partial charge on any atom is 0.294 e. The third kappa shape index (κ3) is 2.99. The first-order valence-corrected chi connectivity index (χ1v) is 8.22. The van der Waals surface area contributed by atoms with Gasteiger partial charge >= 0.3 is 0 Å². The molecule has 0 atom stereocenters. The number of nitro benzene ring substituents is 2. The molecule has 1 aliphatic heterocycles. The Kier molecular flexibility index (Phi) is 4.18. The average Bonchev–Trinajstić information content (AvgIpc) is 2.54. The minimum atomic E-state index is -0.662. The van der Waals surface area contributed by atoms with Crippen LogP contribution in [0.15, 0.2) is 12.1 Å². The molecule has 0 saturated carbocycles. The fraction of sp³-hybridized carbons (Fsp3) is 0.385. The van der Waals surface area contributed by atoms with Crippen LogP contribution in [0.3, 0.4) is 0 Å². The molecule has 1 aliphatic rings. The minimum Gasteiger partial charge on any atom is -0.348 e. The summed E-state index contributed by atoms with van der Waals surface area (Å²) in [6.45, 7) is 1.68. The minimum absolute atomic E-state index is 0.158. The first kappa shape index (κ1) is 15.7. The second-order valence-corrected chi connectivity index (χ2v) is 6.57. The number of piperidine rings is 1. The van der Waals surface area contributed by atoms with E-state index in [2.05, 4.69) is 9.88 Å². The van der Waals surface area contributed by atoms with Crippen molar-refractivity contribution in [2.45, 2.75) is 19.3 Å². The number of non-ortho nitro benzene ring substituents is 2. The second kappa shape index (κ2) is 6.13. The van der Waals surface area contributed by atoms with Crippen molar-refractivity contribution in [2.24, 2.45) is 0 Å². The Bertz CT molecular complexity index is 861. The largest absolute Gasteiger partial charge is 0.348 e. The molecule has 0 amide bonds. The summed E-state index contributed by atoms with van der Waals surface area (Å²) < 4.78 is 0.493. The fourth-order valence-electron chi connectivity index (χ4n) is 2.59. The lowest BCUT2D eigenvalue weighted by Gasteiger charge is -2.26. The molecule has 0 spiro atoms. The number of aromatic nitrogens is 1. The van der Waals surface area contributed by atoms with Crippen LogP contribution >= 0.6 is 23.6 Å². The van der Waals surface area contributed by atoms with Gasteiger partial charge in [0.05, 0.1) is 15.9 Å². The smallest absolute Gasteiger partial charge is 0.294 e. The molecule has 0 N–H and O–H groups in total. The Balaban J connectivity index is 2.24. The molecule has 1 saturated heterocycles. The molecule has 1 aromatic heterocycles. The lowest BCUT2D eigenvalue weighted by atomic mass is 10.1. The highest BCUT2D eigenvalue weighted by molar-refractivity contribution is 7.71. The molecule has 2 heterocycles. The maximum absolute atomic E-state index is 11.3. The van der Waals surface area contributed by atoms with Crippen LogP contribution in [0.1, 0.15) is 19.3 Å². The van der Waals surface area contributed by atoms with E-state index in [9.17, 15) is 20.2 Å². The lowest BCUT2D eigenvalue weighted by Crippen LogP contribution is -2.29. The highest BCUT2D eigenvalue weighted by atomic mass is 32.1. The number of hydrogen-bond donors (Lipinski definition) is 0. The number of fused-ring (bicyclic) bond motifs is 1. The normalized spacial score (nSPS) is 14.9. The molecular formula is C13H12N4O4S2. The van der Waals surface area contributed by atoms with Gasteiger partial charge in [0, 0.05) is 24.5 Å². The van der Waals surface area contributed by atoms with Crippen molar-refractivity contribution in [2.75, 3.05) is 18.0 Å². The van der Waals surface area contributed by atoms with Crippen LogP contribution in [0.5, 0.6) is 0 Å². The summed E-state index contributed by atoms with van der Waals surface area (Å²) >= 11 is 6.39. The summed E-state index contributed by atoms with van der Waals surface area (Å²) in [6, 6.07) is 2.24. The zero-order valence-corrected chi connectivity index (χ0v) is 13.6. The monoisotopic (exact) mass is 352 g/mol. The predicted molar refractivity (Wildman–Crippen MR) is 89.8 cm³/mol. The average molecular weight is 352 g/mol. The molecule has 0 aliphatic carbocycles. The zero-order chi connectivity index (χ0) is 16.6. The van der Waals surface area contributed by atoms with E-state index in [0.717, 1.165) is 38.4 Å². The number of nitro groups is 2. The van der Waals surface area contributed by atoms with E-state index >= 15 is 0 Å². The molecule has 2 aromatic rings. The van der Waals surface area contributed by atoms with Crippen LogP contribution in [0.4, 0.5) is 16.5 Å². The summed E-state index contributed by atoms with van der Waals surface area (Å²) in [5, 5.41) is 23.2. The summed E-state index contributed by atoms with van der Waals surface area (Å²) in [4.78, 5) is 27.4. The van der Waals surface area contributed by atoms with Gasteiger partial charge in [-0.15, -0.1) is 0 Å². The highest BCUT2D eigenvalue weighted by Crippen LogP contribution is 2.37. The predicted octanol–water partition coefficient (Wildman–Crippen LogP) is 3.83. The first-order valence-electron chi connectivity index (χ1n) is 7.00. The Morgan fingerprint density at radius 3 is 2.43 bits per heavy atom. The van der Waals surface area contributed by atoms with Crippen LogP contribution in [-0.4, -0.2) is 27.9 Å². The first-order chi connectivity index (χ1) is 11.0. The molecule has 1 fully saturated rings. The third-order valence-electron chi connectivity index (χ3n) is 3.71. The van der Waals surface area contributed by atoms with E-state index in [4.69, 9.17) is 12.2 Å². The van der Waals surface area contributed by atoms with Crippen molar-refractivity contribution in [3.8, 4) is 0 Å². The zero-order valence-electron chi connectivity index (χ0n) is 11.9. The summed E-state index contributed by atoms with van der Waals surface area (Å²) in [5.74, 6) is 0. The van der Waals surface area contributed by atoms with Crippen molar-refractivity contribution in [3.05, 3.63) is 37.0 Å². The van der Waals surface area contributed by atoms with Crippen LogP contribution in [0, 0.1) is 24.9 Å². The number of benzene rings is 1. The van der Waals surface area contributed by atoms with Crippen molar-refractivity contribution < 1.29 is 9.85 Å². The van der Waals surface area contributed by atoms with E-state index in [1.54, 1.807) is 0 Å². The highest BCUT2D eigenvalue weighted by Gasteiger charge is 2.23. The summed E-state index contributed by atoms with van der Waals surface area (Å²) in [5.41, 5.74) is -0.652. The fourth-order valence-corrected chi connectivity index (χ4v) is 4.09. The standard InChI is InChI=1S/C13H12N4O4S2/c18-16(19)8-6-9-11(10(7-8)17(20)21)23-13(14-12(9)22)15-4-2-1-3-5-15/h6-7H,1-5H2. The van der Waals surface area contributed by atoms with Crippen LogP contribution in [0.2, 0.25) is 0 Å². The van der Waals surface area contributed by atoms with Gasteiger partial charge in [0.25, 0.3) is 11.4 Å². The van der Waals surface area contributed by atoms with Crippen LogP contribution < -0.4 is 4.90 Å². The van der Waals surface area contributed by atoms with E-state index < -0.39 is 9.85 Å². The van der Waals surface area contributed by atoms with Gasteiger partial charge in [0.2, 0.25) is 0 Å². The molecule has 3 rings (SSSR count). The van der Waals surface area contributed by atoms with Gasteiger partial charge in [-0.05, 0) is 19.3 Å². The van der Waals surface area contributed by atoms with Crippen molar-refractivity contribution >= 4 is 50.1 Å². The molecule has 10 heteroatoms. The van der Waals surface area contributed by atoms with Crippen molar-refractivity contribution in [3.63, 3.8) is 0 Å². The molecule has 0 bridgehead atoms. The van der Waals surface area contributed by atoms with Gasteiger partial charge in [0.15, 0.2) is 5.13 Å². The second-order valence-electron chi connectivity index (χ2n) is 5.21. The number of nitrogens with zero attached hydrogens (tertiary/aromatic N) is 4. The van der Waals surface area contributed by atoms with Crippen LogP contribution in [0.25, 0.3) is 10.1 Å². The van der Waals surface area contributed by atoms with Crippen molar-refractivity contribution in [1.82, 2.24) is 4.98 Å². The molecular weight excluding hydrogens is 340 g/mol. The Morgan fingerprint density at radius 1 is 1.13 bits per heavy atom. The Morgan fingerprint density at radius 2 is 1.83 bits per heavy atom. The lowest BCUT2D eigenvalue weighted by molar-refractivity contribution is -0.392. The van der Waals surface area contributed by atoms with E-state index in [1.165, 1.54) is 17.4 Å². The molecule has 0 radical (unpaired) electrons. The maximum atomic E-state index is 11.3. The van der Waals surface area contributed by atoms with Gasteiger partial charge in [-0.1, -0.05) is 23.6 Å². The van der Waals surface area contributed by atoms with Gasteiger partial charge in [0.1, 0.15) is 9.34 Å². The third-order valence-corrected chi connectivity index (χ3v) is 5.19. The Labute approximate surface area is 139 Å². The molecule has 0 unspecified atom stereocenters. The van der Waals surface area contributed by atoms with E-state index in [0.29, 0.717) is 9.83 Å². The summed E-state index contributed by atoms with van der Waals surface area (Å²) in [6.07, 6.45) is 3.24. The quantitative estimate of drug-likeness (QED) is 0.470. The number of hydrogen-bond acceptors (Lipinski definition) is 8. The molecule has 8 nitrogen and oxygen atoms in total. The number of rotatable bonds is 3. The van der Waals surface area contributed by atoms with Gasteiger partial charge in [-0.2, -0.15) is 0 Å².